The minimum absolute atomic E-state index is 0. The minimum atomic E-state index is -0.446. The van der Waals surface area contributed by atoms with Crippen LogP contribution in [-0.2, 0) is 0 Å². The van der Waals surface area contributed by atoms with E-state index in [9.17, 15) is 5.11 Å². The van der Waals surface area contributed by atoms with Gasteiger partial charge in [-0.2, -0.15) is 0 Å². The summed E-state index contributed by atoms with van der Waals surface area (Å²) in [6.07, 6.45) is 4.30. The van der Waals surface area contributed by atoms with Crippen LogP contribution in [0.4, 0.5) is 0 Å². The highest BCUT2D eigenvalue weighted by molar-refractivity contribution is 4.97. The second-order valence-electron chi connectivity index (χ2n) is 5.35. The smallest absolute Gasteiger partial charge is 0.0802 e. The van der Waals surface area contributed by atoms with Crippen LogP contribution in [-0.4, -0.2) is 22.8 Å². The van der Waals surface area contributed by atoms with Crippen molar-refractivity contribution in [3.05, 3.63) is 0 Å². The highest BCUT2D eigenvalue weighted by Gasteiger charge is 2.40. The fourth-order valence-electron chi connectivity index (χ4n) is 2.63. The van der Waals surface area contributed by atoms with E-state index in [-0.39, 0.29) is 8.90 Å². The van der Waals surface area contributed by atoms with Crippen molar-refractivity contribution in [2.24, 2.45) is 5.92 Å². The van der Waals surface area contributed by atoms with E-state index in [0.717, 1.165) is 12.8 Å². The first-order valence-corrected chi connectivity index (χ1v) is 5.94. The van der Waals surface area contributed by atoms with Gasteiger partial charge in [-0.3, -0.25) is 0 Å². The van der Waals surface area contributed by atoms with Gasteiger partial charge in [0, 0.05) is 14.9 Å². The van der Waals surface area contributed by atoms with Crippen molar-refractivity contribution in [3.63, 3.8) is 0 Å². The van der Waals surface area contributed by atoms with Crippen LogP contribution in [0, 0.1) is 5.92 Å². The number of hydrogen-bond donors (Lipinski definition) is 2. The zero-order valence-electron chi connectivity index (χ0n) is 10.0. The van der Waals surface area contributed by atoms with Crippen molar-refractivity contribution in [1.29, 1.82) is 0 Å². The Morgan fingerprint density at radius 3 is 2.00 bits per heavy atom. The third-order valence-electron chi connectivity index (χ3n) is 3.23. The average molecular weight is 203 g/mol. The Balaban J connectivity index is 0. The number of aliphatic hydroxyl groups is 1. The highest BCUT2D eigenvalue weighted by Crippen LogP contribution is 2.35. The van der Waals surface area contributed by atoms with Crippen LogP contribution in [0.15, 0.2) is 0 Å². The summed E-state index contributed by atoms with van der Waals surface area (Å²) in [5.74, 6) is 0.500. The lowest BCUT2D eigenvalue weighted by Crippen LogP contribution is -2.54. The van der Waals surface area contributed by atoms with Crippen LogP contribution in [0.3, 0.4) is 0 Å². The van der Waals surface area contributed by atoms with Gasteiger partial charge in [-0.05, 0) is 18.8 Å². The van der Waals surface area contributed by atoms with Gasteiger partial charge in [-0.25, -0.2) is 0 Å². The minimum Gasteiger partial charge on any atom is -0.388 e. The van der Waals surface area contributed by atoms with Crippen LogP contribution in [0.25, 0.3) is 0 Å². The molecule has 0 bridgehead atoms. The topological polar surface area (TPSA) is 32.3 Å². The van der Waals surface area contributed by atoms with Gasteiger partial charge in [0.15, 0.2) is 0 Å². The summed E-state index contributed by atoms with van der Waals surface area (Å²) in [4.78, 5) is 0. The van der Waals surface area contributed by atoms with Crippen molar-refractivity contribution >= 4 is 0 Å². The van der Waals surface area contributed by atoms with Crippen molar-refractivity contribution in [3.8, 4) is 0 Å². The predicted octanol–water partition coefficient (Wildman–Crippen LogP) is 2.81. The third kappa shape index (κ3) is 2.71. The van der Waals surface area contributed by atoms with Crippen molar-refractivity contribution in [2.75, 3.05) is 0 Å². The maximum Gasteiger partial charge on any atom is 0.0802 e. The Labute approximate surface area is 91.1 Å². The lowest BCUT2D eigenvalue weighted by Gasteiger charge is -2.37. The number of nitrogens with one attached hydrogen (secondary N) is 1. The first-order chi connectivity index (χ1) is 6.46. The van der Waals surface area contributed by atoms with Gasteiger partial charge in [0.25, 0.3) is 0 Å². The van der Waals surface area contributed by atoms with Crippen LogP contribution in [0.1, 0.15) is 56.2 Å². The van der Waals surface area contributed by atoms with Gasteiger partial charge in [0.05, 0.1) is 5.60 Å². The molecule has 1 saturated carbocycles. The Morgan fingerprint density at radius 2 is 1.64 bits per heavy atom. The standard InChI is InChI=1S/C12H25NO.2H2/c1-9(2)11(13-10(3)4)12(14)7-5-6-8-12;;/h9-11,13-14H,5-8H2,1-4H3;2*1H/t11-;;/m0../s1. The second-order valence-corrected chi connectivity index (χ2v) is 5.35. The molecule has 2 heteroatoms. The van der Waals surface area contributed by atoms with Crippen molar-refractivity contribution < 1.29 is 7.96 Å². The summed E-state index contributed by atoms with van der Waals surface area (Å²) < 4.78 is 0. The van der Waals surface area contributed by atoms with Gasteiger partial charge in [0.2, 0.25) is 0 Å². The monoisotopic (exact) mass is 203 g/mol. The molecule has 0 radical (unpaired) electrons. The fraction of sp³-hybridized carbons (Fsp3) is 1.00. The Hall–Kier alpha value is -0.0800. The lowest BCUT2D eigenvalue weighted by atomic mass is 9.84. The number of hydrogen-bond acceptors (Lipinski definition) is 2. The molecule has 0 aromatic heterocycles. The zero-order chi connectivity index (χ0) is 10.8. The van der Waals surface area contributed by atoms with E-state index < -0.39 is 5.60 Å². The van der Waals surface area contributed by atoms with E-state index in [1.165, 1.54) is 12.8 Å². The molecule has 0 aliphatic heterocycles. The quantitative estimate of drug-likeness (QED) is 0.736. The molecule has 0 saturated heterocycles. The van der Waals surface area contributed by atoms with Gasteiger partial charge in [0.1, 0.15) is 0 Å². The Bertz CT molecular complexity index is 180. The van der Waals surface area contributed by atoms with E-state index in [2.05, 4.69) is 33.0 Å². The molecule has 88 valence electrons. The predicted molar refractivity (Wildman–Crippen MR) is 64.5 cm³/mol. The lowest BCUT2D eigenvalue weighted by molar-refractivity contribution is -0.0108. The van der Waals surface area contributed by atoms with Crippen LogP contribution in [0.5, 0.6) is 0 Å². The van der Waals surface area contributed by atoms with Gasteiger partial charge >= 0.3 is 0 Å². The molecule has 2 nitrogen and oxygen atoms in total. The SMILES string of the molecule is CC(C)N[C@@H](C(C)C)C1(O)CCCC1.[HH].[HH]. The van der Waals surface area contributed by atoms with Crippen LogP contribution in [0.2, 0.25) is 0 Å². The molecule has 0 aromatic carbocycles. The van der Waals surface area contributed by atoms with Gasteiger partial charge in [-0.1, -0.05) is 40.5 Å². The fourth-order valence-corrected chi connectivity index (χ4v) is 2.63. The molecule has 0 aromatic rings. The molecule has 1 fully saturated rings. The molecule has 0 amide bonds. The summed E-state index contributed by atoms with van der Waals surface area (Å²) in [6.45, 7) is 8.67. The normalized spacial score (nSPS) is 23.4. The molecule has 1 aliphatic rings. The van der Waals surface area contributed by atoms with E-state index >= 15 is 0 Å². The highest BCUT2D eigenvalue weighted by atomic mass is 16.3. The Morgan fingerprint density at radius 1 is 1.14 bits per heavy atom. The molecular weight excluding hydrogens is 174 g/mol. The third-order valence-corrected chi connectivity index (χ3v) is 3.23. The molecular formula is C12H29NO. The average Bonchev–Trinajstić information content (AvgIpc) is 2.48. The second kappa shape index (κ2) is 4.63. The first-order valence-electron chi connectivity index (χ1n) is 5.94. The largest absolute Gasteiger partial charge is 0.388 e. The molecule has 14 heavy (non-hydrogen) atoms. The summed E-state index contributed by atoms with van der Waals surface area (Å²) >= 11 is 0. The van der Waals surface area contributed by atoms with Crippen LogP contribution >= 0.6 is 0 Å². The summed E-state index contributed by atoms with van der Waals surface area (Å²) in [7, 11) is 0. The molecule has 1 atom stereocenters. The maximum atomic E-state index is 10.5. The van der Waals surface area contributed by atoms with Crippen molar-refractivity contribution in [1.82, 2.24) is 5.32 Å². The van der Waals surface area contributed by atoms with Gasteiger partial charge in [-0.15, -0.1) is 0 Å². The van der Waals surface area contributed by atoms with E-state index in [1.54, 1.807) is 0 Å². The molecule has 0 unspecified atom stereocenters. The van der Waals surface area contributed by atoms with Gasteiger partial charge < -0.3 is 10.4 Å². The van der Waals surface area contributed by atoms with Crippen molar-refractivity contribution in [2.45, 2.75) is 71.1 Å². The zero-order valence-corrected chi connectivity index (χ0v) is 10.0. The molecule has 0 spiro atoms. The number of rotatable bonds is 4. The molecule has 0 heterocycles. The summed E-state index contributed by atoms with van der Waals surface area (Å²) in [6, 6.07) is 0.706. The summed E-state index contributed by atoms with van der Waals surface area (Å²) in [5, 5.41) is 14.0. The van der Waals surface area contributed by atoms with E-state index in [1.807, 2.05) is 0 Å². The van der Waals surface area contributed by atoms with E-state index in [0.29, 0.717) is 12.0 Å². The maximum absolute atomic E-state index is 10.5. The summed E-state index contributed by atoms with van der Waals surface area (Å²) in [5.41, 5.74) is -0.446. The molecule has 1 aliphatic carbocycles. The molecule has 1 rings (SSSR count). The Kier molecular flexibility index (Phi) is 3.96. The van der Waals surface area contributed by atoms with Crippen LogP contribution < -0.4 is 5.32 Å². The first kappa shape index (κ1) is 12.0. The molecule has 2 N–H and O–H groups in total. The van der Waals surface area contributed by atoms with E-state index in [4.69, 9.17) is 0 Å².